The van der Waals surface area contributed by atoms with Crippen LogP contribution in [0.2, 0.25) is 0 Å². The van der Waals surface area contributed by atoms with Gasteiger partial charge in [0, 0.05) is 30.5 Å². The lowest BCUT2D eigenvalue weighted by Crippen LogP contribution is -2.32. The first kappa shape index (κ1) is 21.6. The van der Waals surface area contributed by atoms with E-state index in [1.54, 1.807) is 31.6 Å². The van der Waals surface area contributed by atoms with Crippen LogP contribution in [-0.4, -0.2) is 29.9 Å². The average molecular weight is 430 g/mol. The highest BCUT2D eigenvalue weighted by molar-refractivity contribution is 5.98. The molecule has 0 spiro atoms. The van der Waals surface area contributed by atoms with Gasteiger partial charge in [0.15, 0.2) is 0 Å². The number of hydrogen-bond acceptors (Lipinski definition) is 4. The number of nitrogens with zero attached hydrogens (tertiary/aromatic N) is 1. The highest BCUT2D eigenvalue weighted by Crippen LogP contribution is 2.26. The molecular formula is C26H27N3O3. The summed E-state index contributed by atoms with van der Waals surface area (Å²) in [5.41, 5.74) is 3.81. The van der Waals surface area contributed by atoms with Gasteiger partial charge in [-0.3, -0.25) is 14.6 Å². The van der Waals surface area contributed by atoms with Crippen LogP contribution in [0.25, 0.3) is 11.1 Å². The number of ether oxygens (including phenoxy) is 1. The summed E-state index contributed by atoms with van der Waals surface area (Å²) >= 11 is 0. The van der Waals surface area contributed by atoms with E-state index >= 15 is 0 Å². The number of pyridine rings is 1. The average Bonchev–Trinajstić information content (AvgIpc) is 3.36. The van der Waals surface area contributed by atoms with E-state index in [9.17, 15) is 9.59 Å². The summed E-state index contributed by atoms with van der Waals surface area (Å²) in [5.74, 6) is 0.209. The van der Waals surface area contributed by atoms with E-state index in [-0.39, 0.29) is 17.9 Å². The molecule has 164 valence electrons. The van der Waals surface area contributed by atoms with Gasteiger partial charge in [-0.25, -0.2) is 0 Å². The monoisotopic (exact) mass is 429 g/mol. The Bertz CT molecular complexity index is 1090. The molecule has 2 N–H and O–H groups in total. The Balaban J connectivity index is 1.45. The number of carbonyl (C=O) groups is 2. The van der Waals surface area contributed by atoms with E-state index in [0.29, 0.717) is 23.4 Å². The maximum atomic E-state index is 12.9. The Morgan fingerprint density at radius 2 is 1.75 bits per heavy atom. The molecule has 1 heterocycles. The Labute approximate surface area is 188 Å². The fraction of sp³-hybridized carbons (Fsp3) is 0.269. The van der Waals surface area contributed by atoms with Crippen LogP contribution < -0.4 is 15.4 Å². The molecule has 0 bridgehead atoms. The number of rotatable bonds is 7. The molecule has 1 aliphatic rings. The first-order valence-electron chi connectivity index (χ1n) is 10.9. The topological polar surface area (TPSA) is 80.3 Å². The molecule has 32 heavy (non-hydrogen) atoms. The molecule has 0 radical (unpaired) electrons. The predicted octanol–water partition coefficient (Wildman–Crippen LogP) is 4.36. The number of amides is 2. The molecule has 6 nitrogen and oxygen atoms in total. The van der Waals surface area contributed by atoms with Gasteiger partial charge in [0.2, 0.25) is 0 Å². The molecule has 0 aliphatic heterocycles. The fourth-order valence-corrected chi connectivity index (χ4v) is 4.05. The summed E-state index contributed by atoms with van der Waals surface area (Å²) in [6.45, 7) is 0.312. The lowest BCUT2D eigenvalue weighted by atomic mass is 10.0. The number of carbonyl (C=O) groups excluding carboxylic acids is 2. The Morgan fingerprint density at radius 1 is 0.969 bits per heavy atom. The van der Waals surface area contributed by atoms with Crippen molar-refractivity contribution in [1.29, 1.82) is 0 Å². The van der Waals surface area contributed by atoms with Crippen molar-refractivity contribution in [2.24, 2.45) is 0 Å². The van der Waals surface area contributed by atoms with Gasteiger partial charge in [-0.2, -0.15) is 0 Å². The molecule has 1 aromatic heterocycles. The summed E-state index contributed by atoms with van der Waals surface area (Å²) in [7, 11) is 1.55. The van der Waals surface area contributed by atoms with Crippen molar-refractivity contribution in [3.05, 3.63) is 83.7 Å². The molecule has 0 saturated heterocycles. The van der Waals surface area contributed by atoms with E-state index in [4.69, 9.17) is 4.74 Å². The highest BCUT2D eigenvalue weighted by Gasteiger charge is 2.18. The Kier molecular flexibility index (Phi) is 6.80. The van der Waals surface area contributed by atoms with Crippen LogP contribution in [0.1, 0.15) is 52.0 Å². The van der Waals surface area contributed by atoms with Crippen LogP contribution >= 0.6 is 0 Å². The minimum atomic E-state index is -0.237. The van der Waals surface area contributed by atoms with Crippen LogP contribution in [0.15, 0.2) is 67.0 Å². The summed E-state index contributed by atoms with van der Waals surface area (Å²) in [6, 6.07) is 17.0. The quantitative estimate of drug-likeness (QED) is 0.585. The molecule has 0 atom stereocenters. The van der Waals surface area contributed by atoms with Gasteiger partial charge < -0.3 is 15.4 Å². The second-order valence-corrected chi connectivity index (χ2v) is 7.99. The van der Waals surface area contributed by atoms with E-state index < -0.39 is 0 Å². The van der Waals surface area contributed by atoms with Crippen molar-refractivity contribution in [3.63, 3.8) is 0 Å². The van der Waals surface area contributed by atoms with Crippen LogP contribution in [0.5, 0.6) is 5.75 Å². The maximum Gasteiger partial charge on any atom is 0.255 e. The SMILES string of the molecule is COc1ccc(-c2ccncc2)cc1C(=O)NCc1cccc(C(=O)NC2CCCC2)c1. The molecule has 2 amide bonds. The molecular weight excluding hydrogens is 402 g/mol. The van der Waals surface area contributed by atoms with Gasteiger partial charge in [0.1, 0.15) is 5.75 Å². The largest absolute Gasteiger partial charge is 0.496 e. The van der Waals surface area contributed by atoms with Crippen LogP contribution in [0.4, 0.5) is 0 Å². The van der Waals surface area contributed by atoms with Crippen molar-refractivity contribution in [2.45, 2.75) is 38.3 Å². The van der Waals surface area contributed by atoms with Crippen molar-refractivity contribution in [2.75, 3.05) is 7.11 Å². The molecule has 4 rings (SSSR count). The third-order valence-corrected chi connectivity index (χ3v) is 5.79. The molecule has 1 saturated carbocycles. The van der Waals surface area contributed by atoms with Crippen LogP contribution in [-0.2, 0) is 6.54 Å². The highest BCUT2D eigenvalue weighted by atomic mass is 16.5. The molecule has 3 aromatic rings. The number of aromatic nitrogens is 1. The molecule has 0 unspecified atom stereocenters. The summed E-state index contributed by atoms with van der Waals surface area (Å²) in [4.78, 5) is 29.5. The van der Waals surface area contributed by atoms with Crippen molar-refractivity contribution < 1.29 is 14.3 Å². The van der Waals surface area contributed by atoms with Crippen molar-refractivity contribution >= 4 is 11.8 Å². The lowest BCUT2D eigenvalue weighted by Gasteiger charge is -2.13. The molecule has 2 aromatic carbocycles. The van der Waals surface area contributed by atoms with Gasteiger partial charge >= 0.3 is 0 Å². The summed E-state index contributed by atoms with van der Waals surface area (Å²) < 4.78 is 5.40. The minimum absolute atomic E-state index is 0.0585. The van der Waals surface area contributed by atoms with Crippen molar-refractivity contribution in [1.82, 2.24) is 15.6 Å². The summed E-state index contributed by atoms with van der Waals surface area (Å²) in [6.07, 6.45) is 7.86. The standard InChI is InChI=1S/C26H27N3O3/c1-32-24-10-9-20(19-11-13-27-14-12-19)16-23(24)26(31)28-17-18-5-4-6-21(15-18)25(30)29-22-7-2-3-8-22/h4-6,9-16,22H,2-3,7-8,17H2,1H3,(H,28,31)(H,29,30). The predicted molar refractivity (Wildman–Crippen MR) is 124 cm³/mol. The number of hydrogen-bond donors (Lipinski definition) is 2. The fourth-order valence-electron chi connectivity index (χ4n) is 4.05. The number of benzene rings is 2. The molecule has 6 heteroatoms. The molecule has 1 aliphatic carbocycles. The van der Waals surface area contributed by atoms with Gasteiger partial charge in [0.05, 0.1) is 12.7 Å². The maximum absolute atomic E-state index is 12.9. The second kappa shape index (κ2) is 10.1. The Morgan fingerprint density at radius 3 is 2.50 bits per heavy atom. The Hall–Kier alpha value is -3.67. The number of nitrogens with one attached hydrogen (secondary N) is 2. The normalized spacial score (nSPS) is 13.5. The number of methoxy groups -OCH3 is 1. The van der Waals surface area contributed by atoms with E-state index in [2.05, 4.69) is 15.6 Å². The van der Waals surface area contributed by atoms with Crippen molar-refractivity contribution in [3.8, 4) is 16.9 Å². The zero-order valence-electron chi connectivity index (χ0n) is 18.1. The third-order valence-electron chi connectivity index (χ3n) is 5.79. The van der Waals surface area contributed by atoms with Gasteiger partial charge in [-0.05, 0) is 65.9 Å². The van der Waals surface area contributed by atoms with Gasteiger partial charge in [-0.15, -0.1) is 0 Å². The minimum Gasteiger partial charge on any atom is -0.496 e. The lowest BCUT2D eigenvalue weighted by molar-refractivity contribution is 0.0935. The van der Waals surface area contributed by atoms with Crippen LogP contribution in [0.3, 0.4) is 0 Å². The zero-order chi connectivity index (χ0) is 22.3. The van der Waals surface area contributed by atoms with E-state index in [1.807, 2.05) is 42.5 Å². The van der Waals surface area contributed by atoms with Crippen LogP contribution in [0, 0.1) is 0 Å². The van der Waals surface area contributed by atoms with E-state index in [0.717, 1.165) is 29.5 Å². The smallest absolute Gasteiger partial charge is 0.255 e. The van der Waals surface area contributed by atoms with Gasteiger partial charge in [-0.1, -0.05) is 31.0 Å². The second-order valence-electron chi connectivity index (χ2n) is 7.99. The third kappa shape index (κ3) is 5.14. The van der Waals surface area contributed by atoms with E-state index in [1.165, 1.54) is 12.8 Å². The van der Waals surface area contributed by atoms with Gasteiger partial charge in [0.25, 0.3) is 11.8 Å². The first-order valence-corrected chi connectivity index (χ1v) is 10.9. The first-order chi connectivity index (χ1) is 15.6. The zero-order valence-corrected chi connectivity index (χ0v) is 18.1. The molecule has 1 fully saturated rings. The summed E-state index contributed by atoms with van der Waals surface area (Å²) in [5, 5.41) is 6.05.